The van der Waals surface area contributed by atoms with Crippen molar-refractivity contribution < 1.29 is 8.42 Å². The van der Waals surface area contributed by atoms with Crippen LogP contribution in [0, 0.1) is 0 Å². The molecule has 2 aromatic heterocycles. The summed E-state index contributed by atoms with van der Waals surface area (Å²) in [5.74, 6) is 0.452. The van der Waals surface area contributed by atoms with E-state index in [4.69, 9.17) is 0 Å². The van der Waals surface area contributed by atoms with Gasteiger partial charge in [-0.15, -0.1) is 0 Å². The van der Waals surface area contributed by atoms with Crippen molar-refractivity contribution in [2.24, 2.45) is 0 Å². The maximum atomic E-state index is 12.0. The second kappa shape index (κ2) is 6.59. The molecule has 2 rings (SSSR count). The molecule has 0 bridgehead atoms. The first kappa shape index (κ1) is 14.6. The minimum absolute atomic E-state index is 0.0604. The van der Waals surface area contributed by atoms with Crippen LogP contribution in [0.5, 0.6) is 0 Å². The van der Waals surface area contributed by atoms with E-state index in [1.165, 1.54) is 18.7 Å². The quantitative estimate of drug-likeness (QED) is 0.543. The van der Waals surface area contributed by atoms with Crippen LogP contribution in [0.25, 0.3) is 0 Å². The fraction of sp³-hybridized carbons (Fsp3) is 0.500. The van der Waals surface area contributed by atoms with Gasteiger partial charge < -0.3 is 5.32 Å². The molecule has 0 aliphatic carbocycles. The zero-order valence-corrected chi connectivity index (χ0v) is 11.9. The van der Waals surface area contributed by atoms with Crippen molar-refractivity contribution in [3.8, 4) is 0 Å². The standard InChI is InChI=1S/C10H17N7O2S/c1-2-11-3-4-17-7-9(5-14-17)20(18,19)15-6-10-12-8-13-16-10/h5,7-8,11,15H,2-4,6H2,1H3,(H,12,13,16). The van der Waals surface area contributed by atoms with Gasteiger partial charge in [0.05, 0.1) is 19.3 Å². The molecule has 0 saturated carbocycles. The fourth-order valence-corrected chi connectivity index (χ4v) is 2.48. The average molecular weight is 299 g/mol. The highest BCUT2D eigenvalue weighted by molar-refractivity contribution is 7.89. The highest BCUT2D eigenvalue weighted by Crippen LogP contribution is 2.07. The van der Waals surface area contributed by atoms with Gasteiger partial charge in [0.25, 0.3) is 0 Å². The average Bonchev–Trinajstić information content (AvgIpc) is 3.08. The van der Waals surface area contributed by atoms with Crippen molar-refractivity contribution in [2.45, 2.75) is 24.9 Å². The van der Waals surface area contributed by atoms with Crippen molar-refractivity contribution in [2.75, 3.05) is 13.1 Å². The third-order valence-electron chi connectivity index (χ3n) is 2.58. The fourth-order valence-electron chi connectivity index (χ4n) is 1.54. The molecular weight excluding hydrogens is 282 g/mol. The molecule has 0 aliphatic heterocycles. The summed E-state index contributed by atoms with van der Waals surface area (Å²) in [6.45, 7) is 4.29. The summed E-state index contributed by atoms with van der Waals surface area (Å²) in [5, 5.41) is 13.4. The lowest BCUT2D eigenvalue weighted by atomic mass is 10.6. The predicted octanol–water partition coefficient (Wildman–Crippen LogP) is -0.911. The Hall–Kier alpha value is -1.78. The van der Waals surface area contributed by atoms with Crippen LogP contribution in [0.2, 0.25) is 0 Å². The summed E-state index contributed by atoms with van der Waals surface area (Å²) in [6, 6.07) is 0. The molecule has 2 heterocycles. The Morgan fingerprint density at radius 2 is 2.30 bits per heavy atom. The monoisotopic (exact) mass is 299 g/mol. The van der Waals surface area contributed by atoms with Gasteiger partial charge >= 0.3 is 0 Å². The maximum Gasteiger partial charge on any atom is 0.244 e. The Morgan fingerprint density at radius 1 is 1.45 bits per heavy atom. The highest BCUT2D eigenvalue weighted by atomic mass is 32.2. The van der Waals surface area contributed by atoms with E-state index in [0.717, 1.165) is 13.1 Å². The number of nitrogens with one attached hydrogen (secondary N) is 3. The predicted molar refractivity (Wildman–Crippen MR) is 71.2 cm³/mol. The molecule has 110 valence electrons. The third-order valence-corrected chi connectivity index (χ3v) is 3.94. The number of aromatic amines is 1. The zero-order chi connectivity index (χ0) is 14.4. The van der Waals surface area contributed by atoms with Crippen LogP contribution in [0.15, 0.2) is 23.6 Å². The lowest BCUT2D eigenvalue weighted by Crippen LogP contribution is -2.23. The lowest BCUT2D eigenvalue weighted by Gasteiger charge is -2.03. The van der Waals surface area contributed by atoms with E-state index in [9.17, 15) is 8.42 Å². The third kappa shape index (κ3) is 3.85. The second-order valence-electron chi connectivity index (χ2n) is 4.05. The molecule has 0 aliphatic rings. The van der Waals surface area contributed by atoms with Crippen molar-refractivity contribution >= 4 is 10.0 Å². The van der Waals surface area contributed by atoms with Gasteiger partial charge in [0.2, 0.25) is 10.0 Å². The van der Waals surface area contributed by atoms with Crippen molar-refractivity contribution in [3.05, 3.63) is 24.5 Å². The first-order chi connectivity index (χ1) is 9.62. The van der Waals surface area contributed by atoms with E-state index in [0.29, 0.717) is 12.4 Å². The van der Waals surface area contributed by atoms with Crippen LogP contribution in [0.4, 0.5) is 0 Å². The molecule has 0 atom stereocenters. The van der Waals surface area contributed by atoms with Crippen molar-refractivity contribution in [3.63, 3.8) is 0 Å². The maximum absolute atomic E-state index is 12.0. The normalized spacial score (nSPS) is 11.8. The topological polar surface area (TPSA) is 118 Å². The summed E-state index contributed by atoms with van der Waals surface area (Å²) >= 11 is 0. The second-order valence-corrected chi connectivity index (χ2v) is 5.82. The van der Waals surface area contributed by atoms with Gasteiger partial charge in [-0.05, 0) is 6.54 Å². The Morgan fingerprint density at radius 3 is 3.00 bits per heavy atom. The SMILES string of the molecule is CCNCCn1cc(S(=O)(=O)NCc2ncn[nH]2)cn1. The lowest BCUT2D eigenvalue weighted by molar-refractivity contribution is 0.562. The molecule has 0 saturated heterocycles. The van der Waals surface area contributed by atoms with Crippen LogP contribution in [0.1, 0.15) is 12.7 Å². The number of rotatable bonds is 8. The minimum Gasteiger partial charge on any atom is -0.315 e. The minimum atomic E-state index is -3.59. The van der Waals surface area contributed by atoms with E-state index in [2.05, 4.69) is 30.3 Å². The summed E-state index contributed by atoms with van der Waals surface area (Å²) in [7, 11) is -3.59. The van der Waals surface area contributed by atoms with Crippen LogP contribution in [-0.4, -0.2) is 46.5 Å². The molecule has 0 amide bonds. The largest absolute Gasteiger partial charge is 0.315 e. The van der Waals surface area contributed by atoms with Gasteiger partial charge in [0.15, 0.2) is 0 Å². The van der Waals surface area contributed by atoms with Crippen molar-refractivity contribution in [1.29, 1.82) is 0 Å². The summed E-state index contributed by atoms with van der Waals surface area (Å²) in [5.41, 5.74) is 0. The number of nitrogens with zero attached hydrogens (tertiary/aromatic N) is 4. The summed E-state index contributed by atoms with van der Waals surface area (Å²) in [4.78, 5) is 3.98. The van der Waals surface area contributed by atoms with Gasteiger partial charge in [-0.1, -0.05) is 6.92 Å². The van der Waals surface area contributed by atoms with Gasteiger partial charge in [-0.25, -0.2) is 18.1 Å². The van der Waals surface area contributed by atoms with E-state index in [-0.39, 0.29) is 11.4 Å². The summed E-state index contributed by atoms with van der Waals surface area (Å²) < 4.78 is 28.1. The number of aromatic nitrogens is 5. The molecule has 0 spiro atoms. The smallest absolute Gasteiger partial charge is 0.244 e. The Kier molecular flexibility index (Phi) is 4.82. The molecular formula is C10H17N7O2S. The molecule has 20 heavy (non-hydrogen) atoms. The van der Waals surface area contributed by atoms with E-state index < -0.39 is 10.0 Å². The van der Waals surface area contributed by atoms with Gasteiger partial charge in [-0.2, -0.15) is 10.2 Å². The molecule has 0 unspecified atom stereocenters. The van der Waals surface area contributed by atoms with E-state index in [1.807, 2.05) is 6.92 Å². The van der Waals surface area contributed by atoms with Crippen molar-refractivity contribution in [1.82, 2.24) is 35.0 Å². The molecule has 0 aromatic carbocycles. The molecule has 9 nitrogen and oxygen atoms in total. The summed E-state index contributed by atoms with van der Waals surface area (Å²) in [6.07, 6.45) is 4.15. The van der Waals surface area contributed by atoms with E-state index >= 15 is 0 Å². The molecule has 0 radical (unpaired) electrons. The molecule has 3 N–H and O–H groups in total. The number of hydrogen-bond acceptors (Lipinski definition) is 6. The van der Waals surface area contributed by atoms with E-state index in [1.54, 1.807) is 4.68 Å². The number of H-pyrrole nitrogens is 1. The first-order valence-corrected chi connectivity index (χ1v) is 7.67. The van der Waals surface area contributed by atoms with Gasteiger partial charge in [-0.3, -0.25) is 9.78 Å². The van der Waals surface area contributed by atoms with Crippen LogP contribution in [-0.2, 0) is 23.1 Å². The molecule has 2 aromatic rings. The van der Waals surface area contributed by atoms with Crippen LogP contribution in [0.3, 0.4) is 0 Å². The first-order valence-electron chi connectivity index (χ1n) is 6.19. The Bertz CT molecular complexity index is 620. The number of hydrogen-bond donors (Lipinski definition) is 3. The highest BCUT2D eigenvalue weighted by Gasteiger charge is 2.16. The van der Waals surface area contributed by atoms with Gasteiger partial charge in [0.1, 0.15) is 17.0 Å². The Labute approximate surface area is 116 Å². The van der Waals surface area contributed by atoms with Crippen LogP contribution >= 0.6 is 0 Å². The zero-order valence-electron chi connectivity index (χ0n) is 11.1. The molecule has 0 fully saturated rings. The number of sulfonamides is 1. The number of likely N-dealkylation sites (N-methyl/N-ethyl adjacent to an activating group) is 1. The van der Waals surface area contributed by atoms with Gasteiger partial charge in [0, 0.05) is 12.7 Å². The molecule has 10 heteroatoms. The Balaban J connectivity index is 1.95. The van der Waals surface area contributed by atoms with Crippen LogP contribution < -0.4 is 10.0 Å².